The number of nitriles is 1. The Labute approximate surface area is 89.2 Å². The van der Waals surface area contributed by atoms with Gasteiger partial charge in [-0.2, -0.15) is 5.26 Å². The standard InChI is InChI=1S/C11H15N3O/c12-8-10-13-6-7-14(10)9-11(15)4-2-1-3-5-11/h6-7,15H,1-5,9H2. The number of hydrogen-bond acceptors (Lipinski definition) is 3. The first-order chi connectivity index (χ1) is 7.23. The molecular formula is C11H15N3O. The highest BCUT2D eigenvalue weighted by atomic mass is 16.3. The molecule has 1 saturated carbocycles. The van der Waals surface area contributed by atoms with Gasteiger partial charge in [0.2, 0.25) is 5.82 Å². The second-order valence-electron chi connectivity index (χ2n) is 4.28. The van der Waals surface area contributed by atoms with E-state index in [1.807, 2.05) is 6.07 Å². The van der Waals surface area contributed by atoms with E-state index in [4.69, 9.17) is 5.26 Å². The Morgan fingerprint density at radius 2 is 2.20 bits per heavy atom. The maximum absolute atomic E-state index is 10.3. The fraction of sp³-hybridized carbons (Fsp3) is 0.636. The number of hydrogen-bond donors (Lipinski definition) is 1. The van der Waals surface area contributed by atoms with Crippen molar-refractivity contribution in [3.8, 4) is 6.07 Å². The SMILES string of the molecule is N#Cc1nccn1CC1(O)CCCCC1. The summed E-state index contributed by atoms with van der Waals surface area (Å²) in [6.45, 7) is 0.496. The Morgan fingerprint density at radius 1 is 1.47 bits per heavy atom. The maximum atomic E-state index is 10.3. The number of rotatable bonds is 2. The minimum atomic E-state index is -0.634. The van der Waals surface area contributed by atoms with E-state index in [9.17, 15) is 5.11 Å². The molecule has 15 heavy (non-hydrogen) atoms. The second kappa shape index (κ2) is 4.03. The van der Waals surface area contributed by atoms with E-state index in [1.165, 1.54) is 6.42 Å². The van der Waals surface area contributed by atoms with Crippen LogP contribution in [-0.2, 0) is 6.54 Å². The highest BCUT2D eigenvalue weighted by Crippen LogP contribution is 2.29. The van der Waals surface area contributed by atoms with E-state index in [0.717, 1.165) is 25.7 Å². The van der Waals surface area contributed by atoms with Crippen molar-refractivity contribution in [2.45, 2.75) is 44.2 Å². The van der Waals surface area contributed by atoms with Crippen molar-refractivity contribution in [1.82, 2.24) is 9.55 Å². The first-order valence-electron chi connectivity index (χ1n) is 5.37. The summed E-state index contributed by atoms with van der Waals surface area (Å²) in [6, 6.07) is 2.02. The first-order valence-corrected chi connectivity index (χ1v) is 5.37. The molecular weight excluding hydrogens is 190 g/mol. The van der Waals surface area contributed by atoms with Crippen LogP contribution in [0.4, 0.5) is 0 Å². The lowest BCUT2D eigenvalue weighted by Gasteiger charge is -2.32. The third kappa shape index (κ3) is 2.18. The molecule has 0 radical (unpaired) electrons. The Kier molecular flexibility index (Phi) is 2.74. The highest BCUT2D eigenvalue weighted by molar-refractivity contribution is 5.11. The van der Waals surface area contributed by atoms with Crippen LogP contribution < -0.4 is 0 Å². The summed E-state index contributed by atoms with van der Waals surface area (Å²) in [6.07, 6.45) is 8.37. The Morgan fingerprint density at radius 3 is 2.87 bits per heavy atom. The summed E-state index contributed by atoms with van der Waals surface area (Å²) in [5.41, 5.74) is -0.634. The molecule has 0 saturated heterocycles. The average Bonchev–Trinajstić information content (AvgIpc) is 2.65. The van der Waals surface area contributed by atoms with Crippen molar-refractivity contribution in [3.05, 3.63) is 18.2 Å². The van der Waals surface area contributed by atoms with Crippen molar-refractivity contribution < 1.29 is 5.11 Å². The Balaban J connectivity index is 2.10. The molecule has 80 valence electrons. The zero-order valence-corrected chi connectivity index (χ0v) is 8.69. The average molecular weight is 205 g/mol. The summed E-state index contributed by atoms with van der Waals surface area (Å²) in [5.74, 6) is 0.383. The van der Waals surface area contributed by atoms with Crippen LogP contribution >= 0.6 is 0 Å². The van der Waals surface area contributed by atoms with Crippen LogP contribution in [0.2, 0.25) is 0 Å². The molecule has 1 aliphatic rings. The normalized spacial score (nSPS) is 19.7. The van der Waals surface area contributed by atoms with Crippen LogP contribution in [0.3, 0.4) is 0 Å². The summed E-state index contributed by atoms with van der Waals surface area (Å²) in [7, 11) is 0. The molecule has 0 unspecified atom stereocenters. The molecule has 1 aliphatic carbocycles. The zero-order valence-electron chi connectivity index (χ0n) is 8.69. The van der Waals surface area contributed by atoms with Crippen molar-refractivity contribution in [1.29, 1.82) is 5.26 Å². The lowest BCUT2D eigenvalue weighted by molar-refractivity contribution is -0.0116. The van der Waals surface area contributed by atoms with E-state index in [2.05, 4.69) is 4.98 Å². The van der Waals surface area contributed by atoms with Gasteiger partial charge in [0, 0.05) is 12.4 Å². The predicted octanol–water partition coefficient (Wildman–Crippen LogP) is 1.45. The molecule has 2 rings (SSSR count). The maximum Gasteiger partial charge on any atom is 0.212 e. The number of aliphatic hydroxyl groups is 1. The van der Waals surface area contributed by atoms with Gasteiger partial charge in [-0.05, 0) is 12.8 Å². The van der Waals surface area contributed by atoms with Crippen molar-refractivity contribution in [3.63, 3.8) is 0 Å². The fourth-order valence-corrected chi connectivity index (χ4v) is 2.23. The van der Waals surface area contributed by atoms with Gasteiger partial charge in [-0.15, -0.1) is 0 Å². The van der Waals surface area contributed by atoms with E-state index >= 15 is 0 Å². The largest absolute Gasteiger partial charge is 0.388 e. The topological polar surface area (TPSA) is 61.8 Å². The minimum absolute atomic E-state index is 0.383. The van der Waals surface area contributed by atoms with Gasteiger partial charge in [-0.3, -0.25) is 0 Å². The number of imidazole rings is 1. The lowest BCUT2D eigenvalue weighted by atomic mass is 9.85. The molecule has 1 N–H and O–H groups in total. The summed E-state index contributed by atoms with van der Waals surface area (Å²) < 4.78 is 1.74. The molecule has 1 aromatic heterocycles. The quantitative estimate of drug-likeness (QED) is 0.794. The number of nitrogens with zero attached hydrogens (tertiary/aromatic N) is 3. The minimum Gasteiger partial charge on any atom is -0.388 e. The van der Waals surface area contributed by atoms with Gasteiger partial charge in [0.05, 0.1) is 12.1 Å². The van der Waals surface area contributed by atoms with Crippen molar-refractivity contribution in [2.75, 3.05) is 0 Å². The van der Waals surface area contributed by atoms with Gasteiger partial charge < -0.3 is 9.67 Å². The van der Waals surface area contributed by atoms with Crippen LogP contribution in [0.15, 0.2) is 12.4 Å². The van der Waals surface area contributed by atoms with E-state index < -0.39 is 5.60 Å². The smallest absolute Gasteiger partial charge is 0.212 e. The first kappa shape index (κ1) is 10.2. The molecule has 1 heterocycles. The molecule has 0 aromatic carbocycles. The summed E-state index contributed by atoms with van der Waals surface area (Å²) in [4.78, 5) is 3.92. The molecule has 0 spiro atoms. The lowest BCUT2D eigenvalue weighted by Crippen LogP contribution is -2.36. The van der Waals surface area contributed by atoms with Gasteiger partial charge >= 0.3 is 0 Å². The van der Waals surface area contributed by atoms with Crippen molar-refractivity contribution >= 4 is 0 Å². The van der Waals surface area contributed by atoms with Gasteiger partial charge in [-0.25, -0.2) is 4.98 Å². The zero-order chi connectivity index (χ0) is 10.7. The third-order valence-electron chi connectivity index (χ3n) is 3.06. The number of aromatic nitrogens is 2. The van der Waals surface area contributed by atoms with Crippen LogP contribution in [0.25, 0.3) is 0 Å². The molecule has 0 aliphatic heterocycles. The van der Waals surface area contributed by atoms with Crippen LogP contribution in [0, 0.1) is 11.3 Å². The molecule has 4 heteroatoms. The Hall–Kier alpha value is -1.34. The molecule has 1 fully saturated rings. The Bertz CT molecular complexity index is 371. The van der Waals surface area contributed by atoms with E-state index in [1.54, 1.807) is 17.0 Å². The summed E-state index contributed by atoms with van der Waals surface area (Å²) in [5, 5.41) is 19.1. The van der Waals surface area contributed by atoms with Gasteiger partial charge in [0.25, 0.3) is 0 Å². The predicted molar refractivity (Wildman–Crippen MR) is 55.0 cm³/mol. The molecule has 0 atom stereocenters. The molecule has 1 aromatic rings. The summed E-state index contributed by atoms with van der Waals surface area (Å²) >= 11 is 0. The van der Waals surface area contributed by atoms with Gasteiger partial charge in [0.15, 0.2) is 0 Å². The third-order valence-corrected chi connectivity index (χ3v) is 3.06. The van der Waals surface area contributed by atoms with Crippen LogP contribution in [-0.4, -0.2) is 20.3 Å². The fourth-order valence-electron chi connectivity index (χ4n) is 2.23. The second-order valence-corrected chi connectivity index (χ2v) is 4.28. The molecule has 0 bridgehead atoms. The van der Waals surface area contributed by atoms with E-state index in [-0.39, 0.29) is 0 Å². The van der Waals surface area contributed by atoms with Crippen molar-refractivity contribution in [2.24, 2.45) is 0 Å². The molecule has 0 amide bonds. The van der Waals surface area contributed by atoms with Crippen LogP contribution in [0.1, 0.15) is 37.9 Å². The monoisotopic (exact) mass is 205 g/mol. The van der Waals surface area contributed by atoms with Gasteiger partial charge in [0.1, 0.15) is 6.07 Å². The van der Waals surface area contributed by atoms with E-state index in [0.29, 0.717) is 12.4 Å². The highest BCUT2D eigenvalue weighted by Gasteiger charge is 2.30. The molecule has 4 nitrogen and oxygen atoms in total. The van der Waals surface area contributed by atoms with Crippen LogP contribution in [0.5, 0.6) is 0 Å². The van der Waals surface area contributed by atoms with Gasteiger partial charge in [-0.1, -0.05) is 19.3 Å².